The first-order valence-corrected chi connectivity index (χ1v) is 13.9. The zero-order valence-corrected chi connectivity index (χ0v) is 25.3. The van der Waals surface area contributed by atoms with E-state index in [2.05, 4.69) is 57.4 Å². The second kappa shape index (κ2) is 13.6. The van der Waals surface area contributed by atoms with Crippen LogP contribution in [0.25, 0.3) is 23.5 Å². The van der Waals surface area contributed by atoms with Crippen LogP contribution in [0.3, 0.4) is 0 Å². The number of hydrogen-bond acceptors (Lipinski definition) is 8. The molecular formula is C32H38F2N6O3. The maximum absolute atomic E-state index is 15.1. The molecule has 3 N–H and O–H groups in total. The summed E-state index contributed by atoms with van der Waals surface area (Å²) < 4.78 is 40.3. The van der Waals surface area contributed by atoms with E-state index < -0.39 is 11.6 Å². The molecule has 1 aliphatic heterocycles. The molecule has 43 heavy (non-hydrogen) atoms. The van der Waals surface area contributed by atoms with Gasteiger partial charge in [0.25, 0.3) is 0 Å². The van der Waals surface area contributed by atoms with Crippen molar-refractivity contribution in [3.63, 3.8) is 0 Å². The van der Waals surface area contributed by atoms with Crippen LogP contribution in [0.4, 0.5) is 25.8 Å². The Kier molecular flexibility index (Phi) is 9.87. The summed E-state index contributed by atoms with van der Waals surface area (Å²) in [6.45, 7) is 10.4. The lowest BCUT2D eigenvalue weighted by Gasteiger charge is -2.27. The number of ether oxygens (including phenoxy) is 2. The number of amides is 1. The van der Waals surface area contributed by atoms with Crippen LogP contribution in [-0.2, 0) is 4.79 Å². The molecule has 228 valence electrons. The molecule has 1 amide bonds. The Labute approximate surface area is 250 Å². The molecular weight excluding hydrogens is 554 g/mol. The number of aromatic nitrogens is 1. The summed E-state index contributed by atoms with van der Waals surface area (Å²) in [6.07, 6.45) is 6.07. The molecule has 2 heterocycles. The average Bonchev–Trinajstić information content (AvgIpc) is 3.01. The highest BCUT2D eigenvalue weighted by Gasteiger charge is 2.23. The number of nitrogens with one attached hydrogen (secondary N) is 3. The standard InChI is InChI=1S/C32H38F2N6O3/c1-8-28(41)37-24-15-22(40(5)11-10-39(4)9-2)12-19(3)32(24)38-27-14-21-17-35-23(13-20(21)18-36-27)29-30(33)25(42-6)16-26(43-7)31(29)34/h8,12-18,27,36,38H,1,9-11H2,2-7H3,(H,37,41). The topological polar surface area (TPSA) is 91.0 Å². The van der Waals surface area contributed by atoms with Gasteiger partial charge in [0.15, 0.2) is 23.1 Å². The molecule has 0 radical (unpaired) electrons. The van der Waals surface area contributed by atoms with Crippen LogP contribution < -0.4 is 40.8 Å². The van der Waals surface area contributed by atoms with E-state index in [0.717, 1.165) is 47.9 Å². The summed E-state index contributed by atoms with van der Waals surface area (Å²) in [6, 6.07) is 6.75. The van der Waals surface area contributed by atoms with Gasteiger partial charge in [-0.25, -0.2) is 8.78 Å². The lowest BCUT2D eigenvalue weighted by Crippen LogP contribution is -2.42. The van der Waals surface area contributed by atoms with Crippen LogP contribution in [0.2, 0.25) is 0 Å². The summed E-state index contributed by atoms with van der Waals surface area (Å²) in [5, 5.41) is 11.1. The Balaban J connectivity index is 1.65. The number of rotatable bonds is 12. The van der Waals surface area contributed by atoms with E-state index in [0.29, 0.717) is 10.9 Å². The molecule has 0 fully saturated rings. The van der Waals surface area contributed by atoms with Crippen molar-refractivity contribution in [3.05, 3.63) is 70.8 Å². The maximum Gasteiger partial charge on any atom is 0.247 e. The summed E-state index contributed by atoms with van der Waals surface area (Å²) >= 11 is 0. The van der Waals surface area contributed by atoms with Gasteiger partial charge in [-0.15, -0.1) is 0 Å². The van der Waals surface area contributed by atoms with E-state index in [9.17, 15) is 4.79 Å². The van der Waals surface area contributed by atoms with Gasteiger partial charge in [-0.2, -0.15) is 0 Å². The van der Waals surface area contributed by atoms with E-state index in [1.807, 2.05) is 26.1 Å². The summed E-state index contributed by atoms with van der Waals surface area (Å²) in [7, 11) is 6.70. The van der Waals surface area contributed by atoms with Crippen LogP contribution in [0.5, 0.6) is 11.5 Å². The van der Waals surface area contributed by atoms with Gasteiger partial charge in [0.2, 0.25) is 5.91 Å². The minimum Gasteiger partial charge on any atom is -0.494 e. The van der Waals surface area contributed by atoms with E-state index in [1.165, 1.54) is 20.3 Å². The predicted molar refractivity (Wildman–Crippen MR) is 168 cm³/mol. The predicted octanol–water partition coefficient (Wildman–Crippen LogP) is 3.42. The Bertz CT molecular complexity index is 1620. The Hall–Kier alpha value is -4.64. The van der Waals surface area contributed by atoms with Crippen molar-refractivity contribution in [2.75, 3.05) is 63.5 Å². The number of benzene rings is 2. The summed E-state index contributed by atoms with van der Waals surface area (Å²) in [5.74, 6) is -2.35. The van der Waals surface area contributed by atoms with Crippen LogP contribution in [0.15, 0.2) is 43.1 Å². The monoisotopic (exact) mass is 592 g/mol. The zero-order chi connectivity index (χ0) is 31.3. The minimum atomic E-state index is -0.864. The molecule has 3 aromatic rings. The fourth-order valence-corrected chi connectivity index (χ4v) is 4.71. The van der Waals surface area contributed by atoms with E-state index in [-0.39, 0.29) is 34.8 Å². The van der Waals surface area contributed by atoms with Crippen LogP contribution in [0, 0.1) is 18.6 Å². The van der Waals surface area contributed by atoms with Gasteiger partial charge < -0.3 is 35.2 Å². The molecule has 2 aromatic carbocycles. The average molecular weight is 593 g/mol. The highest BCUT2D eigenvalue weighted by molar-refractivity contribution is 6.02. The number of halogens is 2. The fraction of sp³-hybridized carbons (Fsp3) is 0.312. The van der Waals surface area contributed by atoms with E-state index in [4.69, 9.17) is 9.47 Å². The SMILES string of the molecule is C=CC(=O)Nc1cc(N(C)CCN(C)CC)cc(C)c1NC1C=c2cnc(-c3c(F)c(OC)cc(OC)c3F)cc2=CN1. The number of carbonyl (C=O) groups excluding carboxylic acids is 1. The fourth-order valence-electron chi connectivity index (χ4n) is 4.71. The van der Waals surface area contributed by atoms with Gasteiger partial charge in [-0.1, -0.05) is 13.5 Å². The molecule has 0 aliphatic carbocycles. The van der Waals surface area contributed by atoms with Gasteiger partial charge in [0.05, 0.1) is 36.9 Å². The van der Waals surface area contributed by atoms with Crippen molar-refractivity contribution in [1.82, 2.24) is 15.2 Å². The highest BCUT2D eigenvalue weighted by atomic mass is 19.1. The van der Waals surface area contributed by atoms with Crippen molar-refractivity contribution < 1.29 is 23.0 Å². The molecule has 1 unspecified atom stereocenters. The van der Waals surface area contributed by atoms with Crippen LogP contribution in [0.1, 0.15) is 12.5 Å². The van der Waals surface area contributed by atoms with Crippen molar-refractivity contribution >= 4 is 35.2 Å². The normalized spacial score (nSPS) is 13.7. The van der Waals surface area contributed by atoms with Gasteiger partial charge >= 0.3 is 0 Å². The molecule has 1 aromatic heterocycles. The second-order valence-corrected chi connectivity index (χ2v) is 10.3. The zero-order valence-electron chi connectivity index (χ0n) is 25.3. The molecule has 4 rings (SSSR count). The lowest BCUT2D eigenvalue weighted by atomic mass is 10.1. The minimum absolute atomic E-state index is 0.0962. The highest BCUT2D eigenvalue weighted by Crippen LogP contribution is 2.36. The quantitative estimate of drug-likeness (QED) is 0.276. The smallest absolute Gasteiger partial charge is 0.247 e. The van der Waals surface area contributed by atoms with Crippen molar-refractivity contribution in [2.24, 2.45) is 0 Å². The summed E-state index contributed by atoms with van der Waals surface area (Å²) in [4.78, 5) is 21.1. The molecule has 0 saturated heterocycles. The Morgan fingerprint density at radius 2 is 1.79 bits per heavy atom. The Morgan fingerprint density at radius 3 is 2.42 bits per heavy atom. The molecule has 11 heteroatoms. The number of anilines is 3. The first kappa shape index (κ1) is 31.3. The number of likely N-dealkylation sites (N-methyl/N-ethyl adjacent to an activating group) is 2. The number of carbonyl (C=O) groups is 1. The van der Waals surface area contributed by atoms with Gasteiger partial charge in [0.1, 0.15) is 6.17 Å². The molecule has 0 spiro atoms. The second-order valence-electron chi connectivity index (χ2n) is 10.3. The number of nitrogens with zero attached hydrogens (tertiary/aromatic N) is 3. The number of pyridine rings is 1. The van der Waals surface area contributed by atoms with Crippen molar-refractivity contribution in [3.8, 4) is 22.8 Å². The molecule has 0 saturated carbocycles. The molecule has 1 aliphatic rings. The summed E-state index contributed by atoms with van der Waals surface area (Å²) in [5.41, 5.74) is 3.01. The number of hydrogen-bond donors (Lipinski definition) is 3. The molecule has 9 nitrogen and oxygen atoms in total. The van der Waals surface area contributed by atoms with E-state index in [1.54, 1.807) is 18.5 Å². The maximum atomic E-state index is 15.1. The molecule has 0 bridgehead atoms. The first-order chi connectivity index (χ1) is 20.6. The van der Waals surface area contributed by atoms with Gasteiger partial charge in [-0.3, -0.25) is 9.78 Å². The lowest BCUT2D eigenvalue weighted by molar-refractivity contribution is -0.111. The van der Waals surface area contributed by atoms with Crippen molar-refractivity contribution in [1.29, 1.82) is 0 Å². The van der Waals surface area contributed by atoms with Crippen LogP contribution in [-0.4, -0.2) is 69.9 Å². The number of aryl methyl sites for hydroxylation is 1. The van der Waals surface area contributed by atoms with Crippen LogP contribution >= 0.6 is 0 Å². The largest absolute Gasteiger partial charge is 0.494 e. The molecule has 1 atom stereocenters. The number of methoxy groups -OCH3 is 2. The number of fused-ring (bicyclic) bond motifs is 1. The van der Waals surface area contributed by atoms with E-state index >= 15 is 8.78 Å². The first-order valence-electron chi connectivity index (χ1n) is 13.9. The van der Waals surface area contributed by atoms with Gasteiger partial charge in [0, 0.05) is 54.7 Å². The third-order valence-electron chi connectivity index (χ3n) is 7.42. The van der Waals surface area contributed by atoms with Gasteiger partial charge in [-0.05, 0) is 56.4 Å². The van der Waals surface area contributed by atoms with Crippen molar-refractivity contribution in [2.45, 2.75) is 20.0 Å². The third kappa shape index (κ3) is 6.89. The Morgan fingerprint density at radius 1 is 1.09 bits per heavy atom. The third-order valence-corrected chi connectivity index (χ3v) is 7.42.